The van der Waals surface area contributed by atoms with E-state index in [0.717, 1.165) is 39.1 Å². The van der Waals surface area contributed by atoms with Crippen LogP contribution in [0.1, 0.15) is 42.7 Å². The first-order valence-electron chi connectivity index (χ1n) is 13.7. The van der Waals surface area contributed by atoms with Crippen LogP contribution in [-0.4, -0.2) is 32.6 Å². The normalized spacial score (nSPS) is 19.7. The van der Waals surface area contributed by atoms with Crippen molar-refractivity contribution in [1.82, 2.24) is 4.57 Å². The summed E-state index contributed by atoms with van der Waals surface area (Å²) in [6, 6.07) is 19.0. The van der Waals surface area contributed by atoms with Crippen LogP contribution in [-0.2, 0) is 26.3 Å². The van der Waals surface area contributed by atoms with E-state index in [9.17, 15) is 28.7 Å². The molecular formula is C32H28FN3O5S2. The lowest BCUT2D eigenvalue weighted by Crippen LogP contribution is -2.33. The maximum atomic E-state index is 14.0. The molecule has 2 aliphatic heterocycles. The minimum atomic E-state index is -0.849. The molecule has 43 heavy (non-hydrogen) atoms. The molecule has 6 rings (SSSR count). The topological polar surface area (TPSA) is 109 Å². The number of phenolic OH excluding ortho intramolecular Hbond substituents is 1. The maximum Gasteiger partial charge on any atom is 0.308 e. The molecule has 2 aliphatic rings. The van der Waals surface area contributed by atoms with Crippen molar-refractivity contribution in [2.45, 2.75) is 48.9 Å². The van der Waals surface area contributed by atoms with Crippen molar-refractivity contribution in [2.75, 3.05) is 10.2 Å². The fourth-order valence-electron chi connectivity index (χ4n) is 5.54. The number of phenols is 1. The molecule has 220 valence electrons. The Hall–Kier alpha value is -4.22. The van der Waals surface area contributed by atoms with Crippen molar-refractivity contribution >= 4 is 52.2 Å². The summed E-state index contributed by atoms with van der Waals surface area (Å²) >= 11 is 2.09. The first kappa shape index (κ1) is 28.9. The van der Waals surface area contributed by atoms with E-state index in [2.05, 4.69) is 26.1 Å². The summed E-state index contributed by atoms with van der Waals surface area (Å²) in [5.74, 6) is -3.15. The quantitative estimate of drug-likeness (QED) is 0.227. The van der Waals surface area contributed by atoms with E-state index in [-0.39, 0.29) is 28.3 Å². The molecule has 8 nitrogen and oxygen atoms in total. The van der Waals surface area contributed by atoms with Gasteiger partial charge >= 0.3 is 4.87 Å². The van der Waals surface area contributed by atoms with Gasteiger partial charge in [-0.3, -0.25) is 23.7 Å². The fourth-order valence-corrected chi connectivity index (χ4v) is 8.31. The van der Waals surface area contributed by atoms with E-state index in [1.165, 1.54) is 41.0 Å². The molecule has 4 aromatic rings. The highest BCUT2D eigenvalue weighted by Gasteiger charge is 2.56. The summed E-state index contributed by atoms with van der Waals surface area (Å²) in [6.45, 7) is 6.00. The predicted octanol–water partition coefficient (Wildman–Crippen LogP) is 5.49. The number of hydrogen-bond acceptors (Lipinski definition) is 7. The van der Waals surface area contributed by atoms with Gasteiger partial charge in [0.05, 0.1) is 16.6 Å². The molecule has 3 aromatic carbocycles. The summed E-state index contributed by atoms with van der Waals surface area (Å²) in [4.78, 5) is 55.5. The lowest BCUT2D eigenvalue weighted by molar-refractivity contribution is -0.122. The van der Waals surface area contributed by atoms with E-state index < -0.39 is 40.6 Å². The Labute approximate surface area is 255 Å². The number of rotatable bonds is 5. The van der Waals surface area contributed by atoms with Gasteiger partial charge in [0.15, 0.2) is 0 Å². The summed E-state index contributed by atoms with van der Waals surface area (Å²) in [6.07, 6.45) is 0. The first-order valence-corrected chi connectivity index (χ1v) is 15.3. The number of fused-ring (bicyclic) bond motifs is 2. The number of imide groups is 1. The summed E-state index contributed by atoms with van der Waals surface area (Å²) in [5.41, 5.74) is 2.51. The van der Waals surface area contributed by atoms with Gasteiger partial charge < -0.3 is 10.4 Å². The van der Waals surface area contributed by atoms with Crippen LogP contribution in [0.15, 0.2) is 82.6 Å². The summed E-state index contributed by atoms with van der Waals surface area (Å²) < 4.78 is 15.0. The van der Waals surface area contributed by atoms with E-state index in [1.807, 2.05) is 24.3 Å². The van der Waals surface area contributed by atoms with E-state index >= 15 is 0 Å². The first-order chi connectivity index (χ1) is 20.4. The molecule has 11 heteroatoms. The molecule has 0 saturated carbocycles. The van der Waals surface area contributed by atoms with Crippen molar-refractivity contribution < 1.29 is 23.9 Å². The number of carbonyl (C=O) groups excluding carboxylic acids is 3. The van der Waals surface area contributed by atoms with Crippen LogP contribution >= 0.6 is 23.1 Å². The Morgan fingerprint density at radius 1 is 0.930 bits per heavy atom. The molecule has 2 N–H and O–H groups in total. The number of aromatic nitrogens is 1. The highest BCUT2D eigenvalue weighted by atomic mass is 32.2. The third-order valence-electron chi connectivity index (χ3n) is 7.72. The number of anilines is 2. The van der Waals surface area contributed by atoms with Gasteiger partial charge in [-0.25, -0.2) is 9.29 Å². The molecule has 0 bridgehead atoms. The van der Waals surface area contributed by atoms with Crippen molar-refractivity contribution in [2.24, 2.45) is 5.92 Å². The molecule has 0 aliphatic carbocycles. The third kappa shape index (κ3) is 5.27. The van der Waals surface area contributed by atoms with Crippen molar-refractivity contribution in [3.05, 3.63) is 104 Å². The van der Waals surface area contributed by atoms with Gasteiger partial charge in [-0.2, -0.15) is 0 Å². The molecule has 2 unspecified atom stereocenters. The second-order valence-corrected chi connectivity index (χ2v) is 13.7. The molecule has 3 atom stereocenters. The van der Waals surface area contributed by atoms with Crippen LogP contribution < -0.4 is 15.1 Å². The number of nitrogens with one attached hydrogen (secondary N) is 1. The molecule has 0 radical (unpaired) electrons. The highest BCUT2D eigenvalue weighted by molar-refractivity contribution is 8.00. The van der Waals surface area contributed by atoms with Crippen molar-refractivity contribution in [3.8, 4) is 5.75 Å². The number of thioether (sulfide) groups is 1. The predicted molar refractivity (Wildman–Crippen MR) is 164 cm³/mol. The van der Waals surface area contributed by atoms with Gasteiger partial charge in [-0.1, -0.05) is 68.1 Å². The summed E-state index contributed by atoms with van der Waals surface area (Å²) in [7, 11) is 0. The van der Waals surface area contributed by atoms with Crippen LogP contribution in [0.5, 0.6) is 5.75 Å². The van der Waals surface area contributed by atoms with Crippen LogP contribution in [0.3, 0.4) is 0 Å². The zero-order valence-electron chi connectivity index (χ0n) is 23.5. The van der Waals surface area contributed by atoms with E-state index in [1.54, 1.807) is 12.1 Å². The molecule has 3 amide bonds. The Morgan fingerprint density at radius 2 is 1.58 bits per heavy atom. The second-order valence-electron chi connectivity index (χ2n) is 11.6. The number of carbonyl (C=O) groups is 3. The van der Waals surface area contributed by atoms with Crippen LogP contribution in [0.25, 0.3) is 0 Å². The fraction of sp³-hybridized carbons (Fsp3) is 0.250. The van der Waals surface area contributed by atoms with Gasteiger partial charge in [0, 0.05) is 16.5 Å². The average molecular weight is 618 g/mol. The largest absolute Gasteiger partial charge is 0.508 e. The maximum absolute atomic E-state index is 14.0. The standard InChI is InChI=1S/C32H28FN3O5S2/c1-32(2,3)18-6-4-17(5-7-18)24-25-26(29(40)36(28(25)39)21-12-8-19(33)9-13-21)42-30-27(24)43-31(41)35(30)16-23(38)34-20-10-14-22(37)15-11-20/h4-15,24-26,37H,16H2,1-3H3,(H,34,38)/t24-,25?,26?/m1/s1. The minimum absolute atomic E-state index is 0.0547. The highest BCUT2D eigenvalue weighted by Crippen LogP contribution is 2.54. The van der Waals surface area contributed by atoms with Crippen molar-refractivity contribution in [3.63, 3.8) is 0 Å². The summed E-state index contributed by atoms with van der Waals surface area (Å²) in [5, 5.41) is 11.9. The Kier molecular flexibility index (Phi) is 7.26. The minimum Gasteiger partial charge on any atom is -0.508 e. The van der Waals surface area contributed by atoms with E-state index in [0.29, 0.717) is 15.6 Å². The monoisotopic (exact) mass is 617 g/mol. The molecule has 3 heterocycles. The number of amides is 3. The Bertz CT molecular complexity index is 1790. The van der Waals surface area contributed by atoms with Gasteiger partial charge in [-0.05, 0) is 65.1 Å². The van der Waals surface area contributed by atoms with Crippen LogP contribution in [0.4, 0.5) is 15.8 Å². The molecular weight excluding hydrogens is 590 g/mol. The lowest BCUT2D eigenvalue weighted by Gasteiger charge is -2.31. The smallest absolute Gasteiger partial charge is 0.308 e. The van der Waals surface area contributed by atoms with Gasteiger partial charge in [0.2, 0.25) is 17.7 Å². The number of nitrogens with zero attached hydrogens (tertiary/aromatic N) is 2. The molecule has 0 spiro atoms. The molecule has 1 saturated heterocycles. The van der Waals surface area contributed by atoms with Gasteiger partial charge in [0.25, 0.3) is 0 Å². The van der Waals surface area contributed by atoms with Crippen LogP contribution in [0, 0.1) is 11.7 Å². The zero-order valence-corrected chi connectivity index (χ0v) is 25.2. The third-order valence-corrected chi connectivity index (χ3v) is 10.3. The SMILES string of the molecule is CC(C)(C)c1ccc([C@H]2c3sc(=O)n(CC(=O)Nc4ccc(O)cc4)c3SC3C(=O)N(c4ccc(F)cc4)C(=O)C32)cc1. The van der Waals surface area contributed by atoms with E-state index in [4.69, 9.17) is 0 Å². The number of thiazole rings is 1. The second kappa shape index (κ2) is 10.8. The molecule has 1 fully saturated rings. The average Bonchev–Trinajstić information content (AvgIpc) is 3.40. The molecule has 1 aromatic heterocycles. The number of halogens is 1. The lowest BCUT2D eigenvalue weighted by atomic mass is 9.81. The Balaban J connectivity index is 1.41. The number of hydrogen-bond donors (Lipinski definition) is 2. The van der Waals surface area contributed by atoms with Gasteiger partial charge in [-0.15, -0.1) is 0 Å². The van der Waals surface area contributed by atoms with Gasteiger partial charge in [0.1, 0.15) is 23.4 Å². The number of aromatic hydroxyl groups is 1. The number of benzene rings is 3. The van der Waals surface area contributed by atoms with Crippen molar-refractivity contribution in [1.29, 1.82) is 0 Å². The Morgan fingerprint density at radius 3 is 2.21 bits per heavy atom. The van der Waals surface area contributed by atoms with Crippen LogP contribution in [0.2, 0.25) is 0 Å². The zero-order chi connectivity index (χ0) is 30.6.